The summed E-state index contributed by atoms with van der Waals surface area (Å²) >= 11 is 0. The van der Waals surface area contributed by atoms with E-state index in [1.807, 2.05) is 6.92 Å². The molecular formula is C20H24N4O3. The highest BCUT2D eigenvalue weighted by molar-refractivity contribution is 5.97. The Balaban J connectivity index is 1.83. The summed E-state index contributed by atoms with van der Waals surface area (Å²) in [6.07, 6.45) is 0.876. The Morgan fingerprint density at radius 3 is 1.93 bits per heavy atom. The lowest BCUT2D eigenvalue weighted by molar-refractivity contribution is -0.114. The number of nitrogens with one attached hydrogen (secondary N) is 4. The largest absolute Gasteiger partial charge is 0.376 e. The molecule has 142 valence electrons. The van der Waals surface area contributed by atoms with E-state index >= 15 is 0 Å². The van der Waals surface area contributed by atoms with Gasteiger partial charge in [-0.25, -0.2) is 0 Å². The molecule has 0 bridgehead atoms. The molecule has 0 heterocycles. The van der Waals surface area contributed by atoms with Gasteiger partial charge in [-0.2, -0.15) is 0 Å². The van der Waals surface area contributed by atoms with Crippen LogP contribution in [0.4, 0.5) is 11.4 Å². The lowest BCUT2D eigenvalue weighted by Gasteiger charge is -2.09. The second kappa shape index (κ2) is 9.96. The van der Waals surface area contributed by atoms with Crippen LogP contribution in [0.25, 0.3) is 0 Å². The van der Waals surface area contributed by atoms with Crippen molar-refractivity contribution in [2.75, 3.05) is 30.8 Å². The van der Waals surface area contributed by atoms with Crippen LogP contribution < -0.4 is 21.3 Å². The molecule has 0 spiro atoms. The van der Waals surface area contributed by atoms with Crippen molar-refractivity contribution in [1.29, 1.82) is 0 Å². The van der Waals surface area contributed by atoms with E-state index < -0.39 is 0 Å². The lowest BCUT2D eigenvalue weighted by Crippen LogP contribution is -2.24. The predicted molar refractivity (Wildman–Crippen MR) is 106 cm³/mol. The van der Waals surface area contributed by atoms with Crippen molar-refractivity contribution < 1.29 is 14.4 Å². The molecule has 0 fully saturated rings. The number of hydrogen-bond acceptors (Lipinski definition) is 4. The number of carbonyl (C=O) groups excluding carboxylic acids is 3. The maximum atomic E-state index is 12.1. The van der Waals surface area contributed by atoms with Crippen molar-refractivity contribution in [3.8, 4) is 0 Å². The SMILES string of the molecule is CCCNC(=O)c1ccc(NC(=O)CNc2ccc(C(=O)NC)cc2)cc1. The van der Waals surface area contributed by atoms with Gasteiger partial charge in [0.15, 0.2) is 0 Å². The van der Waals surface area contributed by atoms with E-state index in [9.17, 15) is 14.4 Å². The van der Waals surface area contributed by atoms with Crippen molar-refractivity contribution >= 4 is 29.1 Å². The second-order valence-electron chi connectivity index (χ2n) is 5.89. The smallest absolute Gasteiger partial charge is 0.251 e. The molecular weight excluding hydrogens is 344 g/mol. The summed E-state index contributed by atoms with van der Waals surface area (Å²) in [6.45, 7) is 2.70. The lowest BCUT2D eigenvalue weighted by atomic mass is 10.2. The second-order valence-corrected chi connectivity index (χ2v) is 5.89. The number of carbonyl (C=O) groups is 3. The van der Waals surface area contributed by atoms with Gasteiger partial charge in [-0.1, -0.05) is 6.92 Å². The first-order valence-electron chi connectivity index (χ1n) is 8.77. The first-order valence-corrected chi connectivity index (χ1v) is 8.77. The fourth-order valence-electron chi connectivity index (χ4n) is 2.32. The predicted octanol–water partition coefficient (Wildman–Crippen LogP) is 2.24. The van der Waals surface area contributed by atoms with Gasteiger partial charge in [0.1, 0.15) is 0 Å². The van der Waals surface area contributed by atoms with Gasteiger partial charge >= 0.3 is 0 Å². The van der Waals surface area contributed by atoms with Gasteiger partial charge in [0.2, 0.25) is 5.91 Å². The summed E-state index contributed by atoms with van der Waals surface area (Å²) in [4.78, 5) is 35.4. The zero-order valence-electron chi connectivity index (χ0n) is 15.5. The molecule has 2 aromatic rings. The van der Waals surface area contributed by atoms with Crippen molar-refractivity contribution in [3.63, 3.8) is 0 Å². The Morgan fingerprint density at radius 1 is 0.815 bits per heavy atom. The quantitative estimate of drug-likeness (QED) is 0.574. The van der Waals surface area contributed by atoms with Crippen LogP contribution in [-0.4, -0.2) is 37.9 Å². The van der Waals surface area contributed by atoms with E-state index in [0.717, 1.165) is 12.1 Å². The highest BCUT2D eigenvalue weighted by atomic mass is 16.2. The van der Waals surface area contributed by atoms with Crippen LogP contribution in [0.5, 0.6) is 0 Å². The number of amides is 3. The van der Waals surface area contributed by atoms with Crippen molar-refractivity contribution in [2.24, 2.45) is 0 Å². The maximum absolute atomic E-state index is 12.1. The normalized spacial score (nSPS) is 10.0. The summed E-state index contributed by atoms with van der Waals surface area (Å²) in [5, 5.41) is 11.1. The average Bonchev–Trinajstić information content (AvgIpc) is 2.70. The molecule has 0 radical (unpaired) electrons. The van der Waals surface area contributed by atoms with Gasteiger partial charge in [-0.05, 0) is 55.0 Å². The molecule has 0 atom stereocenters. The molecule has 2 rings (SSSR count). The molecule has 7 heteroatoms. The number of rotatable bonds is 8. The Morgan fingerprint density at radius 2 is 1.37 bits per heavy atom. The zero-order chi connectivity index (χ0) is 19.6. The van der Waals surface area contributed by atoms with Gasteiger partial charge in [0.25, 0.3) is 11.8 Å². The average molecular weight is 368 g/mol. The first kappa shape index (κ1) is 20.0. The Kier molecular flexibility index (Phi) is 7.37. The summed E-state index contributed by atoms with van der Waals surface area (Å²) in [7, 11) is 1.57. The molecule has 3 amide bonds. The van der Waals surface area contributed by atoms with Gasteiger partial charge in [0.05, 0.1) is 6.54 Å². The standard InChI is InChI=1S/C20H24N4O3/c1-3-12-22-20(27)15-6-10-17(11-7-15)24-18(25)13-23-16-8-4-14(5-9-16)19(26)21-2/h4-11,23H,3,12-13H2,1-2H3,(H,21,26)(H,22,27)(H,24,25). The Hall–Kier alpha value is -3.35. The third-order valence-electron chi connectivity index (χ3n) is 3.79. The van der Waals surface area contributed by atoms with Crippen LogP contribution in [0.1, 0.15) is 34.1 Å². The van der Waals surface area contributed by atoms with Crippen LogP contribution >= 0.6 is 0 Å². The summed E-state index contributed by atoms with van der Waals surface area (Å²) < 4.78 is 0. The summed E-state index contributed by atoms with van der Waals surface area (Å²) in [5.74, 6) is -0.503. The fraction of sp³-hybridized carbons (Fsp3) is 0.250. The fourth-order valence-corrected chi connectivity index (χ4v) is 2.32. The molecule has 0 unspecified atom stereocenters. The number of anilines is 2. The third kappa shape index (κ3) is 6.14. The minimum atomic E-state index is -0.214. The minimum Gasteiger partial charge on any atom is -0.376 e. The van der Waals surface area contributed by atoms with Crippen LogP contribution in [0, 0.1) is 0 Å². The molecule has 2 aromatic carbocycles. The molecule has 0 saturated heterocycles. The Bertz CT molecular complexity index is 786. The molecule has 27 heavy (non-hydrogen) atoms. The highest BCUT2D eigenvalue weighted by Gasteiger charge is 2.07. The Labute approximate surface area is 158 Å². The first-order chi connectivity index (χ1) is 13.0. The molecule has 0 aliphatic carbocycles. The van der Waals surface area contributed by atoms with E-state index in [1.54, 1.807) is 55.6 Å². The van der Waals surface area contributed by atoms with Crippen LogP contribution in [0.3, 0.4) is 0 Å². The van der Waals surface area contributed by atoms with Crippen molar-refractivity contribution in [1.82, 2.24) is 10.6 Å². The number of hydrogen-bond donors (Lipinski definition) is 4. The highest BCUT2D eigenvalue weighted by Crippen LogP contribution is 2.11. The van der Waals surface area contributed by atoms with Gasteiger partial charge in [-0.3, -0.25) is 14.4 Å². The van der Waals surface area contributed by atoms with E-state index in [4.69, 9.17) is 0 Å². The maximum Gasteiger partial charge on any atom is 0.251 e. The molecule has 0 aliphatic rings. The summed E-state index contributed by atoms with van der Waals surface area (Å²) in [5.41, 5.74) is 2.45. The van der Waals surface area contributed by atoms with Crippen LogP contribution in [0.15, 0.2) is 48.5 Å². The molecule has 7 nitrogen and oxygen atoms in total. The zero-order valence-corrected chi connectivity index (χ0v) is 15.5. The van der Waals surface area contributed by atoms with Gasteiger partial charge in [0, 0.05) is 36.1 Å². The van der Waals surface area contributed by atoms with Crippen LogP contribution in [-0.2, 0) is 4.79 Å². The molecule has 0 aromatic heterocycles. The third-order valence-corrected chi connectivity index (χ3v) is 3.79. The molecule has 0 saturated carbocycles. The van der Waals surface area contributed by atoms with E-state index in [2.05, 4.69) is 21.3 Å². The number of benzene rings is 2. The van der Waals surface area contributed by atoms with E-state index in [-0.39, 0.29) is 24.3 Å². The molecule has 0 aliphatic heterocycles. The van der Waals surface area contributed by atoms with Crippen molar-refractivity contribution in [2.45, 2.75) is 13.3 Å². The minimum absolute atomic E-state index is 0.0814. The summed E-state index contributed by atoms with van der Waals surface area (Å²) in [6, 6.07) is 13.6. The van der Waals surface area contributed by atoms with E-state index in [0.29, 0.717) is 23.4 Å². The topological polar surface area (TPSA) is 99.3 Å². The molecule has 4 N–H and O–H groups in total. The van der Waals surface area contributed by atoms with E-state index in [1.165, 1.54) is 0 Å². The monoisotopic (exact) mass is 368 g/mol. The van der Waals surface area contributed by atoms with Gasteiger partial charge in [-0.15, -0.1) is 0 Å². The van der Waals surface area contributed by atoms with Crippen molar-refractivity contribution in [3.05, 3.63) is 59.7 Å². The van der Waals surface area contributed by atoms with Gasteiger partial charge < -0.3 is 21.3 Å². The van der Waals surface area contributed by atoms with Crippen LogP contribution in [0.2, 0.25) is 0 Å².